The second kappa shape index (κ2) is 7.06. The zero-order chi connectivity index (χ0) is 15.3. The van der Waals surface area contributed by atoms with E-state index in [1.807, 2.05) is 25.1 Å². The minimum Gasteiger partial charge on any atom is -0.312 e. The van der Waals surface area contributed by atoms with Gasteiger partial charge in [-0.15, -0.1) is 11.3 Å². The van der Waals surface area contributed by atoms with Gasteiger partial charge in [0, 0.05) is 17.1 Å². The molecule has 0 aliphatic carbocycles. The lowest BCUT2D eigenvalue weighted by Crippen LogP contribution is -2.11. The topological polar surface area (TPSA) is 58.2 Å². The predicted molar refractivity (Wildman–Crippen MR) is 88.3 cm³/mol. The van der Waals surface area contributed by atoms with Crippen molar-refractivity contribution < 1.29 is 8.42 Å². The third kappa shape index (κ3) is 4.30. The number of thiophene rings is 1. The normalized spacial score (nSPS) is 11.5. The van der Waals surface area contributed by atoms with Crippen LogP contribution < -0.4 is 10.0 Å². The minimum absolute atomic E-state index is 0.343. The van der Waals surface area contributed by atoms with Crippen LogP contribution in [0.5, 0.6) is 0 Å². The summed E-state index contributed by atoms with van der Waals surface area (Å²) >= 11 is 1.29. The molecule has 0 unspecified atom stereocenters. The number of hydrogen-bond donors (Lipinski definition) is 2. The Morgan fingerprint density at radius 3 is 2.38 bits per heavy atom. The van der Waals surface area contributed by atoms with Crippen LogP contribution in [-0.2, 0) is 23.0 Å². The summed E-state index contributed by atoms with van der Waals surface area (Å²) in [6.07, 6.45) is 0.936. The zero-order valence-corrected chi connectivity index (χ0v) is 13.9. The van der Waals surface area contributed by atoms with Gasteiger partial charge in [0.2, 0.25) is 0 Å². The highest BCUT2D eigenvalue weighted by atomic mass is 32.2. The lowest BCUT2D eigenvalue weighted by Gasteiger charge is -2.06. The predicted octanol–water partition coefficient (Wildman–Crippen LogP) is 3.22. The minimum atomic E-state index is -3.50. The molecule has 2 N–H and O–H groups in total. The van der Waals surface area contributed by atoms with Crippen LogP contribution in [0, 0.1) is 0 Å². The van der Waals surface area contributed by atoms with Crippen molar-refractivity contribution in [2.24, 2.45) is 0 Å². The summed E-state index contributed by atoms with van der Waals surface area (Å²) in [7, 11) is -3.50. The second-order valence-electron chi connectivity index (χ2n) is 4.66. The fourth-order valence-electron chi connectivity index (χ4n) is 1.86. The van der Waals surface area contributed by atoms with Crippen LogP contribution in [0.25, 0.3) is 0 Å². The molecule has 0 atom stereocenters. The van der Waals surface area contributed by atoms with Gasteiger partial charge in [0.05, 0.1) is 0 Å². The molecular weight excluding hydrogens is 304 g/mol. The SMILES string of the molecule is CCNCc1ccc(S(=O)(=O)Nc2ccc(CC)cc2)s1. The summed E-state index contributed by atoms with van der Waals surface area (Å²) in [6, 6.07) is 11.0. The van der Waals surface area contributed by atoms with Crippen LogP contribution >= 0.6 is 11.3 Å². The molecule has 6 heteroatoms. The van der Waals surface area contributed by atoms with E-state index in [1.165, 1.54) is 16.9 Å². The molecule has 1 heterocycles. The number of aryl methyl sites for hydroxylation is 1. The van der Waals surface area contributed by atoms with Crippen molar-refractivity contribution in [3.8, 4) is 0 Å². The van der Waals surface area contributed by atoms with Crippen LogP contribution in [0.2, 0.25) is 0 Å². The molecule has 21 heavy (non-hydrogen) atoms. The van der Waals surface area contributed by atoms with Gasteiger partial charge in [0.25, 0.3) is 10.0 Å². The van der Waals surface area contributed by atoms with Crippen LogP contribution in [0.15, 0.2) is 40.6 Å². The molecule has 4 nitrogen and oxygen atoms in total. The Morgan fingerprint density at radius 1 is 1.05 bits per heavy atom. The molecule has 2 rings (SSSR count). The Hall–Kier alpha value is -1.37. The van der Waals surface area contributed by atoms with E-state index in [9.17, 15) is 8.42 Å². The summed E-state index contributed by atoms with van der Waals surface area (Å²) in [5, 5.41) is 3.19. The van der Waals surface area contributed by atoms with E-state index >= 15 is 0 Å². The number of nitrogens with one attached hydrogen (secondary N) is 2. The van der Waals surface area contributed by atoms with Gasteiger partial charge in [-0.2, -0.15) is 0 Å². The molecule has 114 valence electrons. The highest BCUT2D eigenvalue weighted by Crippen LogP contribution is 2.24. The zero-order valence-electron chi connectivity index (χ0n) is 12.2. The Bertz CT molecular complexity index is 676. The molecule has 0 saturated heterocycles. The molecule has 0 fully saturated rings. The number of hydrogen-bond acceptors (Lipinski definition) is 4. The quantitative estimate of drug-likeness (QED) is 0.822. The molecule has 1 aromatic heterocycles. The van der Waals surface area contributed by atoms with Gasteiger partial charge in [-0.3, -0.25) is 4.72 Å². The van der Waals surface area contributed by atoms with E-state index in [1.54, 1.807) is 18.2 Å². The fourth-order valence-corrected chi connectivity index (χ4v) is 4.24. The highest BCUT2D eigenvalue weighted by Gasteiger charge is 2.16. The molecule has 2 aromatic rings. The molecule has 0 aliphatic rings. The summed E-state index contributed by atoms with van der Waals surface area (Å²) in [5.74, 6) is 0. The molecule has 0 aliphatic heterocycles. The molecule has 0 saturated carbocycles. The molecule has 0 radical (unpaired) electrons. The third-order valence-electron chi connectivity index (χ3n) is 3.07. The van der Waals surface area contributed by atoms with Crippen molar-refractivity contribution in [2.75, 3.05) is 11.3 Å². The van der Waals surface area contributed by atoms with Gasteiger partial charge >= 0.3 is 0 Å². The van der Waals surface area contributed by atoms with E-state index in [0.29, 0.717) is 16.4 Å². The van der Waals surface area contributed by atoms with Crippen molar-refractivity contribution in [1.82, 2.24) is 5.32 Å². The maximum atomic E-state index is 12.3. The number of rotatable bonds is 7. The summed E-state index contributed by atoms with van der Waals surface area (Å²) in [6.45, 7) is 5.65. The second-order valence-corrected chi connectivity index (χ2v) is 7.73. The van der Waals surface area contributed by atoms with Gasteiger partial charge in [0.1, 0.15) is 4.21 Å². The van der Waals surface area contributed by atoms with Gasteiger partial charge in [0.15, 0.2) is 0 Å². The Labute approximate surface area is 130 Å². The maximum Gasteiger partial charge on any atom is 0.271 e. The summed E-state index contributed by atoms with van der Waals surface area (Å²) in [5.41, 5.74) is 1.77. The first-order chi connectivity index (χ1) is 10.0. The van der Waals surface area contributed by atoms with E-state index in [2.05, 4.69) is 17.0 Å². The van der Waals surface area contributed by atoms with Gasteiger partial charge in [-0.25, -0.2) is 8.42 Å². The maximum absolute atomic E-state index is 12.3. The number of benzene rings is 1. The highest BCUT2D eigenvalue weighted by molar-refractivity contribution is 7.94. The van der Waals surface area contributed by atoms with E-state index in [-0.39, 0.29) is 0 Å². The number of anilines is 1. The smallest absolute Gasteiger partial charge is 0.271 e. The molecule has 0 spiro atoms. The first kappa shape index (κ1) is 16.0. The lowest BCUT2D eigenvalue weighted by molar-refractivity contribution is 0.603. The first-order valence-corrected chi connectivity index (χ1v) is 9.26. The molecule has 0 bridgehead atoms. The third-order valence-corrected chi connectivity index (χ3v) is 6.02. The van der Waals surface area contributed by atoms with Crippen molar-refractivity contribution in [3.05, 3.63) is 46.8 Å². The van der Waals surface area contributed by atoms with Gasteiger partial charge < -0.3 is 5.32 Å². The monoisotopic (exact) mass is 324 g/mol. The fraction of sp³-hybridized carbons (Fsp3) is 0.333. The Balaban J connectivity index is 2.11. The lowest BCUT2D eigenvalue weighted by atomic mass is 10.2. The molecular formula is C15H20N2O2S2. The average Bonchev–Trinajstić information content (AvgIpc) is 2.95. The largest absolute Gasteiger partial charge is 0.312 e. The van der Waals surface area contributed by atoms with Gasteiger partial charge in [-0.05, 0) is 42.8 Å². The van der Waals surface area contributed by atoms with Crippen molar-refractivity contribution in [1.29, 1.82) is 0 Å². The van der Waals surface area contributed by atoms with Crippen LogP contribution in [0.3, 0.4) is 0 Å². The first-order valence-electron chi connectivity index (χ1n) is 6.96. The molecule has 0 amide bonds. The van der Waals surface area contributed by atoms with Crippen LogP contribution in [0.4, 0.5) is 5.69 Å². The van der Waals surface area contributed by atoms with Crippen molar-refractivity contribution in [3.63, 3.8) is 0 Å². The van der Waals surface area contributed by atoms with E-state index < -0.39 is 10.0 Å². The van der Waals surface area contributed by atoms with Crippen LogP contribution in [0.1, 0.15) is 24.3 Å². The Morgan fingerprint density at radius 2 is 1.76 bits per heavy atom. The van der Waals surface area contributed by atoms with E-state index in [0.717, 1.165) is 17.8 Å². The van der Waals surface area contributed by atoms with Gasteiger partial charge in [-0.1, -0.05) is 26.0 Å². The van der Waals surface area contributed by atoms with Crippen LogP contribution in [-0.4, -0.2) is 15.0 Å². The number of sulfonamides is 1. The van der Waals surface area contributed by atoms with Crippen molar-refractivity contribution in [2.45, 2.75) is 31.0 Å². The molecule has 1 aromatic carbocycles. The summed E-state index contributed by atoms with van der Waals surface area (Å²) < 4.78 is 27.6. The van der Waals surface area contributed by atoms with E-state index in [4.69, 9.17) is 0 Å². The van der Waals surface area contributed by atoms with Crippen molar-refractivity contribution >= 4 is 27.0 Å². The summed E-state index contributed by atoms with van der Waals surface area (Å²) in [4.78, 5) is 1.01. The Kier molecular flexibility index (Phi) is 5.39. The average molecular weight is 324 g/mol. The standard InChI is InChI=1S/C15H20N2O2S2/c1-3-12-5-7-13(8-6-12)17-21(18,19)15-10-9-14(20-15)11-16-4-2/h5-10,16-17H,3-4,11H2,1-2H3.